The number of nitrogens with zero attached hydrogens (tertiary/aromatic N) is 1. The fourth-order valence-electron chi connectivity index (χ4n) is 2.71. The Labute approximate surface area is 123 Å². The molecular weight excluding hydrogens is 246 g/mol. The van der Waals surface area contributed by atoms with Gasteiger partial charge in [0.25, 0.3) is 0 Å². The zero-order valence-electron chi connectivity index (χ0n) is 13.6. The Bertz CT molecular complexity index is 440. The number of nitrogens with one attached hydrogen (secondary N) is 1. The Kier molecular flexibility index (Phi) is 6.21. The number of benzene rings is 1. The molecule has 0 unspecified atom stereocenters. The fraction of sp³-hybridized carbons (Fsp3) is 0.588. The van der Waals surface area contributed by atoms with Gasteiger partial charge in [-0.15, -0.1) is 0 Å². The van der Waals surface area contributed by atoms with Crippen molar-refractivity contribution in [3.05, 3.63) is 34.4 Å². The van der Waals surface area contributed by atoms with Gasteiger partial charge in [0, 0.05) is 26.1 Å². The van der Waals surface area contributed by atoms with Gasteiger partial charge >= 0.3 is 0 Å². The maximum atomic E-state index is 7.41. The molecule has 0 atom stereocenters. The Morgan fingerprint density at radius 3 is 2.20 bits per heavy atom. The van der Waals surface area contributed by atoms with Crippen molar-refractivity contribution in [2.75, 3.05) is 13.1 Å². The Morgan fingerprint density at radius 1 is 1.20 bits per heavy atom. The van der Waals surface area contributed by atoms with Gasteiger partial charge in [-0.1, -0.05) is 31.5 Å². The summed E-state index contributed by atoms with van der Waals surface area (Å²) in [5.41, 5.74) is 11.0. The van der Waals surface area contributed by atoms with Crippen LogP contribution in [0.5, 0.6) is 0 Å². The molecule has 0 fully saturated rings. The molecule has 3 N–H and O–H groups in total. The van der Waals surface area contributed by atoms with E-state index in [1.165, 1.54) is 22.3 Å². The highest BCUT2D eigenvalue weighted by atomic mass is 15.1. The zero-order valence-corrected chi connectivity index (χ0v) is 13.6. The first-order valence-corrected chi connectivity index (χ1v) is 7.41. The van der Waals surface area contributed by atoms with Crippen LogP contribution in [0.15, 0.2) is 12.1 Å². The van der Waals surface area contributed by atoms with E-state index in [1.54, 1.807) is 0 Å². The lowest BCUT2D eigenvalue weighted by molar-refractivity contribution is 0.241. The predicted molar refractivity (Wildman–Crippen MR) is 87.3 cm³/mol. The first-order chi connectivity index (χ1) is 9.29. The molecule has 0 bridgehead atoms. The average Bonchev–Trinajstić information content (AvgIpc) is 2.29. The van der Waals surface area contributed by atoms with Gasteiger partial charge in [0.15, 0.2) is 0 Å². The third kappa shape index (κ3) is 5.33. The largest absolute Gasteiger partial charge is 0.388 e. The summed E-state index contributed by atoms with van der Waals surface area (Å²) in [5.74, 6) is 0.893. The highest BCUT2D eigenvalue weighted by Gasteiger charge is 2.12. The molecule has 0 aromatic heterocycles. The molecule has 20 heavy (non-hydrogen) atoms. The van der Waals surface area contributed by atoms with Crippen LogP contribution in [-0.4, -0.2) is 23.8 Å². The SMILES string of the molecule is Cc1cc(C)c(CN(CCC(=N)N)CC(C)C)c(C)c1. The Hall–Kier alpha value is -1.35. The summed E-state index contributed by atoms with van der Waals surface area (Å²) in [6.07, 6.45) is 0.649. The molecule has 1 aromatic carbocycles. The highest BCUT2D eigenvalue weighted by Crippen LogP contribution is 2.19. The van der Waals surface area contributed by atoms with Gasteiger partial charge < -0.3 is 5.73 Å². The third-order valence-electron chi connectivity index (χ3n) is 3.54. The van der Waals surface area contributed by atoms with Crippen LogP contribution in [0, 0.1) is 32.1 Å². The van der Waals surface area contributed by atoms with Crippen LogP contribution in [0.3, 0.4) is 0 Å². The van der Waals surface area contributed by atoms with E-state index in [9.17, 15) is 0 Å². The summed E-state index contributed by atoms with van der Waals surface area (Å²) < 4.78 is 0. The van der Waals surface area contributed by atoms with Crippen LogP contribution in [0.1, 0.15) is 42.5 Å². The smallest absolute Gasteiger partial charge is 0.0918 e. The number of aryl methyl sites for hydroxylation is 3. The molecule has 0 spiro atoms. The van der Waals surface area contributed by atoms with Crippen LogP contribution in [0.2, 0.25) is 0 Å². The minimum absolute atomic E-state index is 0.274. The van der Waals surface area contributed by atoms with Crippen molar-refractivity contribution >= 4 is 5.84 Å². The lowest BCUT2D eigenvalue weighted by Crippen LogP contribution is -2.31. The van der Waals surface area contributed by atoms with Gasteiger partial charge in [-0.2, -0.15) is 0 Å². The number of nitrogens with two attached hydrogens (primary N) is 1. The second kappa shape index (κ2) is 7.44. The van der Waals surface area contributed by atoms with Crippen LogP contribution >= 0.6 is 0 Å². The average molecular weight is 275 g/mol. The molecule has 0 aliphatic heterocycles. The van der Waals surface area contributed by atoms with Crippen molar-refractivity contribution < 1.29 is 0 Å². The lowest BCUT2D eigenvalue weighted by atomic mass is 9.99. The van der Waals surface area contributed by atoms with Crippen molar-refractivity contribution in [3.63, 3.8) is 0 Å². The minimum Gasteiger partial charge on any atom is -0.388 e. The molecule has 3 nitrogen and oxygen atoms in total. The Balaban J connectivity index is 2.85. The van der Waals surface area contributed by atoms with Crippen LogP contribution in [0.4, 0.5) is 0 Å². The summed E-state index contributed by atoms with van der Waals surface area (Å²) in [6.45, 7) is 13.8. The second-order valence-corrected chi connectivity index (χ2v) is 6.28. The van der Waals surface area contributed by atoms with Crippen molar-refractivity contribution in [1.29, 1.82) is 5.41 Å². The van der Waals surface area contributed by atoms with E-state index >= 15 is 0 Å². The molecule has 3 heteroatoms. The van der Waals surface area contributed by atoms with Crippen molar-refractivity contribution in [2.45, 2.75) is 47.6 Å². The molecule has 0 heterocycles. The summed E-state index contributed by atoms with van der Waals surface area (Å²) in [5, 5.41) is 7.41. The summed E-state index contributed by atoms with van der Waals surface area (Å²) in [6, 6.07) is 4.50. The van der Waals surface area contributed by atoms with E-state index in [0.717, 1.165) is 19.6 Å². The number of rotatable bonds is 7. The van der Waals surface area contributed by atoms with Crippen molar-refractivity contribution in [3.8, 4) is 0 Å². The lowest BCUT2D eigenvalue weighted by Gasteiger charge is -2.26. The normalized spacial score (nSPS) is 11.3. The monoisotopic (exact) mass is 275 g/mol. The number of hydrogen-bond acceptors (Lipinski definition) is 2. The first kappa shape index (κ1) is 16.7. The predicted octanol–water partition coefficient (Wildman–Crippen LogP) is 3.40. The van der Waals surface area contributed by atoms with Crippen LogP contribution in [0.25, 0.3) is 0 Å². The summed E-state index contributed by atoms with van der Waals surface area (Å²) in [7, 11) is 0. The van der Waals surface area contributed by atoms with Crippen molar-refractivity contribution in [1.82, 2.24) is 4.90 Å². The van der Waals surface area contributed by atoms with E-state index < -0.39 is 0 Å². The topological polar surface area (TPSA) is 53.1 Å². The summed E-state index contributed by atoms with van der Waals surface area (Å²) >= 11 is 0. The molecule has 0 saturated heterocycles. The molecule has 1 aromatic rings. The maximum absolute atomic E-state index is 7.41. The molecule has 112 valence electrons. The van der Waals surface area contributed by atoms with Gasteiger partial charge in [0.2, 0.25) is 0 Å². The van der Waals surface area contributed by atoms with E-state index in [4.69, 9.17) is 11.1 Å². The highest BCUT2D eigenvalue weighted by molar-refractivity contribution is 5.76. The van der Waals surface area contributed by atoms with E-state index in [2.05, 4.69) is 51.7 Å². The van der Waals surface area contributed by atoms with Gasteiger partial charge in [-0.3, -0.25) is 10.3 Å². The Morgan fingerprint density at radius 2 is 1.75 bits per heavy atom. The van der Waals surface area contributed by atoms with Crippen LogP contribution in [-0.2, 0) is 6.54 Å². The summed E-state index contributed by atoms with van der Waals surface area (Å²) in [4.78, 5) is 2.41. The molecular formula is C17H29N3. The van der Waals surface area contributed by atoms with Crippen LogP contribution < -0.4 is 5.73 Å². The van der Waals surface area contributed by atoms with E-state index in [0.29, 0.717) is 12.3 Å². The quantitative estimate of drug-likeness (QED) is 0.592. The van der Waals surface area contributed by atoms with Crippen molar-refractivity contribution in [2.24, 2.45) is 11.7 Å². The first-order valence-electron chi connectivity index (χ1n) is 7.41. The number of hydrogen-bond donors (Lipinski definition) is 2. The molecule has 1 rings (SSSR count). The minimum atomic E-state index is 0.274. The van der Waals surface area contributed by atoms with Gasteiger partial charge in [-0.05, 0) is 43.4 Å². The standard InChI is InChI=1S/C17H29N3/c1-12(2)10-20(7-6-17(18)19)11-16-14(4)8-13(3)9-15(16)5/h8-9,12H,6-7,10-11H2,1-5H3,(H3,18,19). The number of amidine groups is 1. The molecule has 0 amide bonds. The van der Waals surface area contributed by atoms with Gasteiger partial charge in [0.05, 0.1) is 5.84 Å². The van der Waals surface area contributed by atoms with Gasteiger partial charge in [0.1, 0.15) is 0 Å². The molecule has 0 saturated carbocycles. The fourth-order valence-corrected chi connectivity index (χ4v) is 2.71. The third-order valence-corrected chi connectivity index (χ3v) is 3.54. The molecule has 0 aliphatic rings. The zero-order chi connectivity index (χ0) is 15.3. The molecule has 0 aliphatic carbocycles. The molecule has 0 radical (unpaired) electrons. The maximum Gasteiger partial charge on any atom is 0.0918 e. The second-order valence-electron chi connectivity index (χ2n) is 6.28. The van der Waals surface area contributed by atoms with E-state index in [-0.39, 0.29) is 5.84 Å². The van der Waals surface area contributed by atoms with E-state index in [1.807, 2.05) is 0 Å². The van der Waals surface area contributed by atoms with Gasteiger partial charge in [-0.25, -0.2) is 0 Å².